The van der Waals surface area contributed by atoms with Gasteiger partial charge in [-0.2, -0.15) is 5.26 Å². The van der Waals surface area contributed by atoms with Crippen LogP contribution in [0.2, 0.25) is 0 Å². The summed E-state index contributed by atoms with van der Waals surface area (Å²) in [6.45, 7) is 2.74. The predicted molar refractivity (Wildman–Crippen MR) is 80.5 cm³/mol. The lowest BCUT2D eigenvalue weighted by Crippen LogP contribution is -1.96. The Labute approximate surface area is 120 Å². The Balaban J connectivity index is 1.90. The summed E-state index contributed by atoms with van der Waals surface area (Å²) < 4.78 is 5.76. The molecule has 0 saturated heterocycles. The molecule has 2 aromatic carbocycles. The van der Waals surface area contributed by atoms with Crippen LogP contribution in [0.25, 0.3) is 0 Å². The van der Waals surface area contributed by atoms with Crippen molar-refractivity contribution in [2.24, 2.45) is 0 Å². The van der Waals surface area contributed by atoms with E-state index in [1.807, 2.05) is 30.3 Å². The van der Waals surface area contributed by atoms with Gasteiger partial charge in [0, 0.05) is 6.42 Å². The number of benzene rings is 2. The monoisotopic (exact) mass is 265 g/mol. The molecule has 0 saturated carbocycles. The quantitative estimate of drug-likeness (QED) is 0.760. The van der Waals surface area contributed by atoms with E-state index in [2.05, 4.69) is 37.3 Å². The molecule has 0 aliphatic heterocycles. The van der Waals surface area contributed by atoms with Crippen molar-refractivity contribution in [1.29, 1.82) is 5.26 Å². The van der Waals surface area contributed by atoms with Crippen LogP contribution in [-0.2, 0) is 6.61 Å². The molecular weight excluding hydrogens is 246 g/mol. The van der Waals surface area contributed by atoms with Crippen molar-refractivity contribution in [3.05, 3.63) is 65.7 Å². The highest BCUT2D eigenvalue weighted by Gasteiger charge is 2.05. The Morgan fingerprint density at radius 3 is 2.40 bits per heavy atom. The summed E-state index contributed by atoms with van der Waals surface area (Å²) >= 11 is 0. The van der Waals surface area contributed by atoms with Crippen LogP contribution in [-0.4, -0.2) is 0 Å². The lowest BCUT2D eigenvalue weighted by atomic mass is 9.96. The van der Waals surface area contributed by atoms with Crippen molar-refractivity contribution in [3.63, 3.8) is 0 Å². The second kappa shape index (κ2) is 7.35. The van der Waals surface area contributed by atoms with E-state index in [9.17, 15) is 0 Å². The number of hydrogen-bond acceptors (Lipinski definition) is 2. The van der Waals surface area contributed by atoms with Crippen LogP contribution in [0.5, 0.6) is 5.75 Å². The molecule has 0 bridgehead atoms. The van der Waals surface area contributed by atoms with Gasteiger partial charge in [-0.3, -0.25) is 0 Å². The molecule has 1 atom stereocenters. The normalized spacial score (nSPS) is 11.6. The van der Waals surface area contributed by atoms with Crippen LogP contribution in [0.3, 0.4) is 0 Å². The van der Waals surface area contributed by atoms with Crippen molar-refractivity contribution >= 4 is 0 Å². The fourth-order valence-electron chi connectivity index (χ4n) is 2.08. The molecule has 0 aliphatic rings. The first-order valence-electron chi connectivity index (χ1n) is 6.93. The molecule has 2 nitrogen and oxygen atoms in total. The summed E-state index contributed by atoms with van der Waals surface area (Å²) in [5.74, 6) is 1.29. The zero-order chi connectivity index (χ0) is 14.2. The molecule has 0 amide bonds. The first-order valence-corrected chi connectivity index (χ1v) is 6.93. The fourth-order valence-corrected chi connectivity index (χ4v) is 2.08. The molecule has 0 radical (unpaired) electrons. The molecule has 2 heteroatoms. The first kappa shape index (κ1) is 14.1. The van der Waals surface area contributed by atoms with E-state index in [0.717, 1.165) is 12.2 Å². The number of ether oxygens (including phenoxy) is 1. The van der Waals surface area contributed by atoms with Gasteiger partial charge in [0.15, 0.2) is 0 Å². The van der Waals surface area contributed by atoms with E-state index in [-0.39, 0.29) is 0 Å². The molecule has 1 unspecified atom stereocenters. The number of rotatable bonds is 6. The fraction of sp³-hybridized carbons (Fsp3) is 0.278. The lowest BCUT2D eigenvalue weighted by molar-refractivity contribution is 0.306. The predicted octanol–water partition coefficient (Wildman–Crippen LogP) is 4.67. The van der Waals surface area contributed by atoms with Gasteiger partial charge >= 0.3 is 0 Å². The second-order valence-corrected chi connectivity index (χ2v) is 4.94. The highest BCUT2D eigenvalue weighted by molar-refractivity contribution is 5.29. The SMILES string of the molecule is CC(CCC#N)c1ccc(OCc2ccccc2)cc1. The van der Waals surface area contributed by atoms with Gasteiger partial charge in [-0.15, -0.1) is 0 Å². The average molecular weight is 265 g/mol. The van der Waals surface area contributed by atoms with E-state index in [1.54, 1.807) is 0 Å². The smallest absolute Gasteiger partial charge is 0.119 e. The third-order valence-electron chi connectivity index (χ3n) is 3.39. The first-order chi connectivity index (χ1) is 9.79. The maximum atomic E-state index is 8.61. The van der Waals surface area contributed by atoms with Crippen LogP contribution in [0, 0.1) is 11.3 Å². The van der Waals surface area contributed by atoms with Gasteiger partial charge < -0.3 is 4.74 Å². The van der Waals surface area contributed by atoms with Crippen molar-refractivity contribution in [2.75, 3.05) is 0 Å². The molecule has 0 aromatic heterocycles. The summed E-state index contributed by atoms with van der Waals surface area (Å²) in [5, 5.41) is 8.61. The van der Waals surface area contributed by atoms with E-state index in [4.69, 9.17) is 10.00 Å². The molecule has 20 heavy (non-hydrogen) atoms. The van der Waals surface area contributed by atoms with Gasteiger partial charge in [-0.25, -0.2) is 0 Å². The molecular formula is C18H19NO. The summed E-state index contributed by atoms with van der Waals surface area (Å²) in [5.41, 5.74) is 2.42. The Morgan fingerprint density at radius 2 is 1.75 bits per heavy atom. The van der Waals surface area contributed by atoms with Gasteiger partial charge in [0.1, 0.15) is 12.4 Å². The minimum absolute atomic E-state index is 0.415. The molecule has 0 aliphatic carbocycles. The van der Waals surface area contributed by atoms with Crippen LogP contribution in [0.1, 0.15) is 36.8 Å². The van der Waals surface area contributed by atoms with Crippen LogP contribution in [0.4, 0.5) is 0 Å². The topological polar surface area (TPSA) is 33.0 Å². The second-order valence-electron chi connectivity index (χ2n) is 4.94. The molecule has 0 heterocycles. The van der Waals surface area contributed by atoms with Crippen molar-refractivity contribution in [2.45, 2.75) is 32.3 Å². The van der Waals surface area contributed by atoms with E-state index in [0.29, 0.717) is 18.9 Å². The lowest BCUT2D eigenvalue weighted by Gasteiger charge is -2.11. The van der Waals surface area contributed by atoms with Crippen LogP contribution in [0.15, 0.2) is 54.6 Å². The van der Waals surface area contributed by atoms with E-state index >= 15 is 0 Å². The summed E-state index contributed by atoms with van der Waals surface area (Å²) in [6, 6.07) is 20.5. The zero-order valence-corrected chi connectivity index (χ0v) is 11.8. The summed E-state index contributed by atoms with van der Waals surface area (Å²) in [6.07, 6.45) is 1.51. The minimum atomic E-state index is 0.415. The summed E-state index contributed by atoms with van der Waals surface area (Å²) in [4.78, 5) is 0. The molecule has 2 rings (SSSR count). The molecule has 102 valence electrons. The van der Waals surface area contributed by atoms with Gasteiger partial charge in [0.05, 0.1) is 6.07 Å². The van der Waals surface area contributed by atoms with E-state index < -0.39 is 0 Å². The Bertz CT molecular complexity index is 554. The number of nitrogens with zero attached hydrogens (tertiary/aromatic N) is 1. The maximum Gasteiger partial charge on any atom is 0.119 e. The Kier molecular flexibility index (Phi) is 5.20. The van der Waals surface area contributed by atoms with E-state index in [1.165, 1.54) is 11.1 Å². The zero-order valence-electron chi connectivity index (χ0n) is 11.8. The highest BCUT2D eigenvalue weighted by Crippen LogP contribution is 2.23. The Morgan fingerprint density at radius 1 is 1.05 bits per heavy atom. The molecule has 2 aromatic rings. The van der Waals surface area contributed by atoms with Crippen LogP contribution < -0.4 is 4.74 Å². The Hall–Kier alpha value is -2.27. The van der Waals surface area contributed by atoms with Gasteiger partial charge in [-0.05, 0) is 35.6 Å². The average Bonchev–Trinajstić information content (AvgIpc) is 2.52. The largest absolute Gasteiger partial charge is 0.489 e. The van der Waals surface area contributed by atoms with Crippen molar-refractivity contribution in [1.82, 2.24) is 0 Å². The standard InChI is InChI=1S/C18H19NO/c1-15(6-5-13-19)17-9-11-18(12-10-17)20-14-16-7-3-2-4-8-16/h2-4,7-12,15H,5-6,14H2,1H3. The van der Waals surface area contributed by atoms with Gasteiger partial charge in [-0.1, -0.05) is 49.4 Å². The third kappa shape index (κ3) is 4.13. The minimum Gasteiger partial charge on any atom is -0.489 e. The van der Waals surface area contributed by atoms with Gasteiger partial charge in [0.2, 0.25) is 0 Å². The number of hydrogen-bond donors (Lipinski definition) is 0. The summed E-state index contributed by atoms with van der Waals surface area (Å²) in [7, 11) is 0. The molecule has 0 spiro atoms. The maximum absolute atomic E-state index is 8.61. The van der Waals surface area contributed by atoms with Crippen LogP contribution >= 0.6 is 0 Å². The number of nitriles is 1. The molecule has 0 N–H and O–H groups in total. The molecule has 0 fully saturated rings. The van der Waals surface area contributed by atoms with Crippen molar-refractivity contribution < 1.29 is 4.74 Å². The third-order valence-corrected chi connectivity index (χ3v) is 3.39. The van der Waals surface area contributed by atoms with Crippen molar-refractivity contribution in [3.8, 4) is 11.8 Å². The highest BCUT2D eigenvalue weighted by atomic mass is 16.5. The van der Waals surface area contributed by atoms with Gasteiger partial charge in [0.25, 0.3) is 0 Å².